The zero-order valence-electron chi connectivity index (χ0n) is 23.8. The fraction of sp³-hybridized carbons (Fsp3) is 0.290. The molecule has 0 spiro atoms. The van der Waals surface area contributed by atoms with Crippen molar-refractivity contribution in [3.05, 3.63) is 80.8 Å². The molecule has 0 radical (unpaired) electrons. The maximum atomic E-state index is 12.8. The molecule has 8 nitrogen and oxygen atoms in total. The van der Waals surface area contributed by atoms with Crippen molar-refractivity contribution in [2.75, 3.05) is 44.5 Å². The molecule has 3 aromatic rings. The van der Waals surface area contributed by atoms with Crippen LogP contribution in [0.3, 0.4) is 0 Å². The summed E-state index contributed by atoms with van der Waals surface area (Å²) in [5, 5.41) is 3.96. The van der Waals surface area contributed by atoms with Crippen LogP contribution in [0, 0.1) is 11.8 Å². The maximum Gasteiger partial charge on any atom is 0.278 e. The number of aliphatic imine (C=N–C) groups is 1. The van der Waals surface area contributed by atoms with E-state index in [2.05, 4.69) is 34.0 Å². The molecule has 1 fully saturated rings. The molecule has 4 rings (SSSR count). The molecule has 1 saturated heterocycles. The molecule has 1 aliphatic heterocycles. The molecule has 216 valence electrons. The van der Waals surface area contributed by atoms with Gasteiger partial charge in [-0.2, -0.15) is 4.99 Å². The second kappa shape index (κ2) is 14.6. The van der Waals surface area contributed by atoms with Gasteiger partial charge in [0.25, 0.3) is 5.91 Å². The Hall–Kier alpha value is -3.90. The number of hydrogen-bond acceptors (Lipinski definition) is 6. The predicted octanol–water partition coefficient (Wildman–Crippen LogP) is 5.36. The number of hydrogen-bond donors (Lipinski definition) is 3. The summed E-state index contributed by atoms with van der Waals surface area (Å²) in [6, 6.07) is 14.4. The van der Waals surface area contributed by atoms with Crippen LogP contribution in [0.25, 0.3) is 0 Å². The van der Waals surface area contributed by atoms with E-state index in [1.807, 2.05) is 26.0 Å². The normalized spacial score (nSPS) is 14.8. The summed E-state index contributed by atoms with van der Waals surface area (Å²) in [6.07, 6.45) is 0. The minimum absolute atomic E-state index is 0.0145. The van der Waals surface area contributed by atoms with Crippen LogP contribution in [0.15, 0.2) is 53.5 Å². The summed E-state index contributed by atoms with van der Waals surface area (Å²) in [5.41, 5.74) is 15.6. The summed E-state index contributed by atoms with van der Waals surface area (Å²) >= 11 is 12.8. The van der Waals surface area contributed by atoms with Gasteiger partial charge in [0, 0.05) is 59.8 Å². The number of nitrogens with two attached hydrogens (primary N) is 2. The van der Waals surface area contributed by atoms with Gasteiger partial charge in [-0.25, -0.2) is 0 Å². The number of anilines is 2. The standard InChI is InChI=1S/C29H29Cl2N5O3.C2H6/c1-17-16-36(13-12-34-17)20-8-6-19(7-9-20)29(37)35-28(33)21-10-4-18(14-23(21)32)5-11-22-26(30)24(38-2)15-25(39-3)27(22)31;1-2/h4,6-10,14-15,17,34H,12-13,16,32H2,1-3H3,(H2,33,35,37);1-2H3/t17-;/m0./s1. The molecule has 5 N–H and O–H groups in total. The Bertz CT molecular complexity index is 1450. The van der Waals surface area contributed by atoms with Crippen LogP contribution in [-0.2, 0) is 0 Å². The van der Waals surface area contributed by atoms with E-state index in [4.69, 9.17) is 44.1 Å². The highest BCUT2D eigenvalue weighted by Crippen LogP contribution is 2.39. The number of ether oxygens (including phenoxy) is 2. The number of carbonyl (C=O) groups excluding carboxylic acids is 1. The van der Waals surface area contributed by atoms with E-state index in [1.165, 1.54) is 14.2 Å². The zero-order chi connectivity index (χ0) is 30.1. The Morgan fingerprint density at radius 2 is 1.66 bits per heavy atom. The molecule has 0 unspecified atom stereocenters. The van der Waals surface area contributed by atoms with Crippen molar-refractivity contribution >= 4 is 46.3 Å². The van der Waals surface area contributed by atoms with Gasteiger partial charge in [0.15, 0.2) is 0 Å². The molecule has 1 heterocycles. The van der Waals surface area contributed by atoms with Crippen LogP contribution >= 0.6 is 23.2 Å². The van der Waals surface area contributed by atoms with Gasteiger partial charge in [0.1, 0.15) is 17.3 Å². The summed E-state index contributed by atoms with van der Waals surface area (Å²) in [4.78, 5) is 19.1. The van der Waals surface area contributed by atoms with Gasteiger partial charge in [-0.1, -0.05) is 48.9 Å². The summed E-state index contributed by atoms with van der Waals surface area (Å²) in [6.45, 7) is 8.89. The Morgan fingerprint density at radius 3 is 2.22 bits per heavy atom. The van der Waals surface area contributed by atoms with Crippen LogP contribution in [-0.4, -0.2) is 51.6 Å². The average Bonchev–Trinajstić information content (AvgIpc) is 2.98. The third-order valence-electron chi connectivity index (χ3n) is 6.30. The molecule has 1 amide bonds. The second-order valence-electron chi connectivity index (χ2n) is 8.99. The van der Waals surface area contributed by atoms with Crippen molar-refractivity contribution in [3.63, 3.8) is 0 Å². The Balaban J connectivity index is 0.00000226. The summed E-state index contributed by atoms with van der Waals surface area (Å²) in [5.74, 6) is 6.28. The average molecular weight is 597 g/mol. The molecular formula is C31H35Cl2N5O3. The first-order valence-electron chi connectivity index (χ1n) is 13.2. The van der Waals surface area contributed by atoms with Crippen molar-refractivity contribution in [1.29, 1.82) is 0 Å². The van der Waals surface area contributed by atoms with E-state index in [0.717, 1.165) is 25.3 Å². The number of amides is 1. The number of benzene rings is 3. The minimum atomic E-state index is -0.452. The Morgan fingerprint density at radius 1 is 1.02 bits per heavy atom. The molecule has 1 aliphatic rings. The lowest BCUT2D eigenvalue weighted by atomic mass is 10.1. The van der Waals surface area contributed by atoms with Crippen molar-refractivity contribution in [2.24, 2.45) is 10.7 Å². The molecule has 1 atom stereocenters. The molecule has 0 bridgehead atoms. The molecule has 0 saturated carbocycles. The molecule has 0 aliphatic carbocycles. The third-order valence-corrected chi connectivity index (χ3v) is 7.05. The van der Waals surface area contributed by atoms with Crippen LogP contribution in [0.2, 0.25) is 10.0 Å². The number of nitrogen functional groups attached to an aromatic ring is 1. The molecule has 0 aromatic heterocycles. The highest BCUT2D eigenvalue weighted by atomic mass is 35.5. The van der Waals surface area contributed by atoms with Gasteiger partial charge in [-0.3, -0.25) is 4.79 Å². The minimum Gasteiger partial charge on any atom is -0.495 e. The number of nitrogens with one attached hydrogen (secondary N) is 1. The lowest BCUT2D eigenvalue weighted by Crippen LogP contribution is -2.49. The number of piperazine rings is 1. The van der Waals surface area contributed by atoms with Crippen molar-refractivity contribution in [1.82, 2.24) is 5.32 Å². The third kappa shape index (κ3) is 7.65. The number of methoxy groups -OCH3 is 2. The predicted molar refractivity (Wildman–Crippen MR) is 169 cm³/mol. The Kier molecular flexibility index (Phi) is 11.3. The monoisotopic (exact) mass is 595 g/mol. The lowest BCUT2D eigenvalue weighted by Gasteiger charge is -2.33. The number of rotatable bonds is 5. The van der Waals surface area contributed by atoms with E-state index >= 15 is 0 Å². The number of nitrogens with zero attached hydrogens (tertiary/aromatic N) is 2. The van der Waals surface area contributed by atoms with Crippen LogP contribution in [0.4, 0.5) is 11.4 Å². The zero-order valence-corrected chi connectivity index (χ0v) is 25.4. The van der Waals surface area contributed by atoms with Crippen LogP contribution < -0.4 is 31.2 Å². The number of halogens is 2. The second-order valence-corrected chi connectivity index (χ2v) is 9.74. The molecule has 41 heavy (non-hydrogen) atoms. The fourth-order valence-electron chi connectivity index (χ4n) is 4.22. The van der Waals surface area contributed by atoms with E-state index in [9.17, 15) is 4.79 Å². The van der Waals surface area contributed by atoms with E-state index in [-0.39, 0.29) is 15.9 Å². The quantitative estimate of drug-likeness (QED) is 0.157. The van der Waals surface area contributed by atoms with Crippen molar-refractivity contribution < 1.29 is 14.3 Å². The highest BCUT2D eigenvalue weighted by Gasteiger charge is 2.17. The van der Waals surface area contributed by atoms with Gasteiger partial charge in [0.05, 0.1) is 29.8 Å². The van der Waals surface area contributed by atoms with Crippen LogP contribution in [0.1, 0.15) is 47.8 Å². The van der Waals surface area contributed by atoms with Gasteiger partial charge in [0.2, 0.25) is 0 Å². The van der Waals surface area contributed by atoms with E-state index in [1.54, 1.807) is 36.4 Å². The SMILES string of the molecule is CC.COc1cc(OC)c(Cl)c(C#Cc2ccc(C(N)=NC(=O)c3ccc(N4CCN[C@@H](C)C4)cc3)c(N)c2)c1Cl. The molecule has 3 aromatic carbocycles. The maximum absolute atomic E-state index is 12.8. The van der Waals surface area contributed by atoms with E-state index < -0.39 is 5.91 Å². The lowest BCUT2D eigenvalue weighted by molar-refractivity contribution is 0.100. The van der Waals surface area contributed by atoms with Gasteiger partial charge >= 0.3 is 0 Å². The topological polar surface area (TPSA) is 115 Å². The van der Waals surface area contributed by atoms with E-state index in [0.29, 0.717) is 45.5 Å². The smallest absolute Gasteiger partial charge is 0.278 e. The first kappa shape index (κ1) is 31.6. The molecular weight excluding hydrogens is 561 g/mol. The molecule has 10 heteroatoms. The first-order valence-corrected chi connectivity index (χ1v) is 14.0. The highest BCUT2D eigenvalue weighted by molar-refractivity contribution is 6.38. The largest absolute Gasteiger partial charge is 0.495 e. The van der Waals surface area contributed by atoms with Crippen LogP contribution in [0.5, 0.6) is 11.5 Å². The van der Waals surface area contributed by atoms with Gasteiger partial charge in [-0.05, 0) is 49.4 Å². The van der Waals surface area contributed by atoms with Crippen molar-refractivity contribution in [3.8, 4) is 23.3 Å². The summed E-state index contributed by atoms with van der Waals surface area (Å²) in [7, 11) is 2.98. The Labute approximate surface area is 251 Å². The summed E-state index contributed by atoms with van der Waals surface area (Å²) < 4.78 is 10.6. The van der Waals surface area contributed by atoms with Gasteiger partial charge < -0.3 is 31.2 Å². The fourth-order valence-corrected chi connectivity index (χ4v) is 4.81. The number of carbonyl (C=O) groups is 1. The first-order chi connectivity index (χ1) is 19.7. The van der Waals surface area contributed by atoms with Crippen molar-refractivity contribution in [2.45, 2.75) is 26.8 Å². The van der Waals surface area contributed by atoms with Gasteiger partial charge in [-0.15, -0.1) is 0 Å². The number of amidine groups is 1.